The van der Waals surface area contributed by atoms with Crippen LogP contribution in [-0.4, -0.2) is 21.4 Å². The second-order valence-electron chi connectivity index (χ2n) is 7.23. The van der Waals surface area contributed by atoms with E-state index in [2.05, 4.69) is 15.4 Å². The topological polar surface area (TPSA) is 100 Å². The molecule has 0 atom stereocenters. The number of nitrogens with one attached hydrogen (secondary N) is 3. The normalized spacial score (nSPS) is 13.1. The minimum atomic E-state index is -3.72. The number of hydrogen-bond donors (Lipinski definition) is 3. The number of carbonyl (C=O) groups is 1. The summed E-state index contributed by atoms with van der Waals surface area (Å²) in [6.07, 6.45) is 6.37. The number of sulfonamides is 1. The van der Waals surface area contributed by atoms with E-state index in [0.717, 1.165) is 24.8 Å². The van der Waals surface area contributed by atoms with E-state index in [1.54, 1.807) is 18.6 Å². The Balaban J connectivity index is 1.60. The Bertz CT molecular complexity index is 1170. The largest absolute Gasteiger partial charge is 0.472 e. The number of furan rings is 1. The maximum Gasteiger partial charge on any atom is 0.255 e. The Morgan fingerprint density at radius 1 is 1.03 bits per heavy atom. The highest BCUT2D eigenvalue weighted by Crippen LogP contribution is 2.26. The van der Waals surface area contributed by atoms with E-state index in [1.165, 1.54) is 30.3 Å². The lowest BCUT2D eigenvalue weighted by Gasteiger charge is -2.12. The molecule has 8 heteroatoms. The average molecular weight is 426 g/mol. The van der Waals surface area contributed by atoms with Crippen LogP contribution in [0.3, 0.4) is 0 Å². The van der Waals surface area contributed by atoms with Crippen molar-refractivity contribution in [3.05, 3.63) is 77.2 Å². The fraction of sp³-hybridized carbons (Fsp3) is 0.227. The van der Waals surface area contributed by atoms with Gasteiger partial charge in [-0.2, -0.15) is 0 Å². The first-order valence-corrected chi connectivity index (χ1v) is 11.2. The molecule has 2 aromatic carbocycles. The van der Waals surface area contributed by atoms with Crippen molar-refractivity contribution in [3.8, 4) is 0 Å². The molecule has 1 amide bonds. The lowest BCUT2D eigenvalue weighted by molar-refractivity contribution is 0.102. The molecule has 1 aliphatic carbocycles. The van der Waals surface area contributed by atoms with Crippen molar-refractivity contribution in [2.24, 2.45) is 0 Å². The van der Waals surface area contributed by atoms with E-state index in [-0.39, 0.29) is 16.4 Å². The van der Waals surface area contributed by atoms with Gasteiger partial charge in [0.25, 0.3) is 5.91 Å². The zero-order valence-electron chi connectivity index (χ0n) is 16.6. The molecule has 1 aliphatic rings. The van der Waals surface area contributed by atoms with E-state index in [1.807, 2.05) is 24.3 Å². The maximum absolute atomic E-state index is 12.9. The van der Waals surface area contributed by atoms with E-state index in [9.17, 15) is 13.2 Å². The molecule has 0 spiro atoms. The Morgan fingerprint density at radius 3 is 2.63 bits per heavy atom. The zero-order chi connectivity index (χ0) is 21.1. The molecule has 1 heterocycles. The molecular formula is C22H23N3O4S. The Morgan fingerprint density at radius 2 is 1.87 bits per heavy atom. The highest BCUT2D eigenvalue weighted by molar-refractivity contribution is 7.89. The van der Waals surface area contributed by atoms with Crippen molar-refractivity contribution in [2.45, 2.75) is 30.7 Å². The molecule has 1 aromatic heterocycles. The van der Waals surface area contributed by atoms with Gasteiger partial charge in [-0.3, -0.25) is 4.79 Å². The SMILES string of the molecule is CNS(=O)(=O)c1cc(NCc2ccoc2)cc(C(=O)Nc2ccc3c(c2)CCC3)c1. The van der Waals surface area contributed by atoms with Gasteiger partial charge in [-0.05, 0) is 73.8 Å². The molecule has 0 radical (unpaired) electrons. The van der Waals surface area contributed by atoms with Crippen LogP contribution in [0.4, 0.5) is 11.4 Å². The number of fused-ring (bicyclic) bond motifs is 1. The van der Waals surface area contributed by atoms with Crippen molar-refractivity contribution in [2.75, 3.05) is 17.7 Å². The molecule has 0 bridgehead atoms. The van der Waals surface area contributed by atoms with Crippen molar-refractivity contribution < 1.29 is 17.6 Å². The fourth-order valence-corrected chi connectivity index (χ4v) is 4.36. The number of rotatable bonds is 7. The molecule has 0 fully saturated rings. The van der Waals surface area contributed by atoms with Gasteiger partial charge in [-0.1, -0.05) is 6.07 Å². The van der Waals surface area contributed by atoms with Crippen LogP contribution in [0.2, 0.25) is 0 Å². The molecule has 30 heavy (non-hydrogen) atoms. The second-order valence-corrected chi connectivity index (χ2v) is 9.12. The highest BCUT2D eigenvalue weighted by atomic mass is 32.2. The van der Waals surface area contributed by atoms with Gasteiger partial charge in [-0.15, -0.1) is 0 Å². The standard InChI is InChI=1S/C22H23N3O4S/c1-23-30(27,28)21-11-18(10-20(12-21)24-13-15-7-8-29-14-15)22(26)25-19-6-5-16-3-2-4-17(16)9-19/h5-12,14,23-24H,2-4,13H2,1H3,(H,25,26). The molecule has 0 saturated heterocycles. The third kappa shape index (κ3) is 4.39. The van der Waals surface area contributed by atoms with Crippen LogP contribution in [0.1, 0.15) is 33.5 Å². The van der Waals surface area contributed by atoms with Gasteiger partial charge < -0.3 is 15.1 Å². The van der Waals surface area contributed by atoms with E-state index in [4.69, 9.17) is 4.42 Å². The fourth-order valence-electron chi connectivity index (χ4n) is 3.56. The molecule has 4 rings (SSSR count). The zero-order valence-corrected chi connectivity index (χ0v) is 17.4. The highest BCUT2D eigenvalue weighted by Gasteiger charge is 2.18. The predicted molar refractivity (Wildman–Crippen MR) is 115 cm³/mol. The third-order valence-electron chi connectivity index (χ3n) is 5.18. The Labute approximate surface area is 175 Å². The number of aryl methyl sites for hydroxylation is 2. The number of hydrogen-bond acceptors (Lipinski definition) is 5. The Hall–Kier alpha value is -3.10. The summed E-state index contributed by atoms with van der Waals surface area (Å²) in [4.78, 5) is 12.9. The smallest absolute Gasteiger partial charge is 0.255 e. The number of benzene rings is 2. The Kier molecular flexibility index (Phi) is 5.61. The van der Waals surface area contributed by atoms with Crippen LogP contribution in [-0.2, 0) is 29.4 Å². The minimum absolute atomic E-state index is 0.0151. The summed E-state index contributed by atoms with van der Waals surface area (Å²) < 4.78 is 32.1. The number of anilines is 2. The first-order valence-electron chi connectivity index (χ1n) is 9.71. The predicted octanol–water partition coefficient (Wildman–Crippen LogP) is 3.54. The lowest BCUT2D eigenvalue weighted by atomic mass is 10.1. The van der Waals surface area contributed by atoms with E-state index >= 15 is 0 Å². The van der Waals surface area contributed by atoms with Crippen LogP contribution in [0.5, 0.6) is 0 Å². The molecular weight excluding hydrogens is 402 g/mol. The summed E-state index contributed by atoms with van der Waals surface area (Å²) in [7, 11) is -2.38. The molecule has 0 aliphatic heterocycles. The van der Waals surface area contributed by atoms with Crippen LogP contribution in [0.25, 0.3) is 0 Å². The summed E-state index contributed by atoms with van der Waals surface area (Å²) in [6, 6.07) is 12.2. The lowest BCUT2D eigenvalue weighted by Crippen LogP contribution is -2.20. The van der Waals surface area contributed by atoms with Crippen LogP contribution in [0, 0.1) is 0 Å². The summed E-state index contributed by atoms with van der Waals surface area (Å²) in [5.41, 5.74) is 4.95. The molecule has 3 aromatic rings. The van der Waals surface area contributed by atoms with Crippen LogP contribution >= 0.6 is 0 Å². The summed E-state index contributed by atoms with van der Waals surface area (Å²) in [5, 5.41) is 6.03. The minimum Gasteiger partial charge on any atom is -0.472 e. The van der Waals surface area contributed by atoms with Gasteiger partial charge in [0.15, 0.2) is 0 Å². The monoisotopic (exact) mass is 425 g/mol. The van der Waals surface area contributed by atoms with E-state index in [0.29, 0.717) is 17.9 Å². The average Bonchev–Trinajstić information content (AvgIpc) is 3.43. The quantitative estimate of drug-likeness (QED) is 0.538. The number of amides is 1. The number of carbonyl (C=O) groups excluding carboxylic acids is 1. The van der Waals surface area contributed by atoms with Crippen LogP contribution < -0.4 is 15.4 Å². The second kappa shape index (κ2) is 8.33. The molecule has 7 nitrogen and oxygen atoms in total. The van der Waals surface area contributed by atoms with Gasteiger partial charge in [0.1, 0.15) is 0 Å². The first-order chi connectivity index (χ1) is 14.4. The van der Waals surface area contributed by atoms with E-state index < -0.39 is 10.0 Å². The van der Waals surface area contributed by atoms with Gasteiger partial charge in [0.05, 0.1) is 17.4 Å². The van der Waals surface area contributed by atoms with Gasteiger partial charge in [0, 0.05) is 29.0 Å². The van der Waals surface area contributed by atoms with Crippen molar-refractivity contribution in [1.82, 2.24) is 4.72 Å². The van der Waals surface area contributed by atoms with Gasteiger partial charge in [-0.25, -0.2) is 13.1 Å². The van der Waals surface area contributed by atoms with Gasteiger partial charge in [0.2, 0.25) is 10.0 Å². The summed E-state index contributed by atoms with van der Waals surface area (Å²) in [5.74, 6) is -0.368. The summed E-state index contributed by atoms with van der Waals surface area (Å²) >= 11 is 0. The molecule has 156 valence electrons. The third-order valence-corrected chi connectivity index (χ3v) is 6.57. The molecule has 3 N–H and O–H groups in total. The van der Waals surface area contributed by atoms with Gasteiger partial charge >= 0.3 is 0 Å². The van der Waals surface area contributed by atoms with Crippen LogP contribution in [0.15, 0.2) is 64.3 Å². The van der Waals surface area contributed by atoms with Crippen molar-refractivity contribution in [3.63, 3.8) is 0 Å². The maximum atomic E-state index is 12.9. The summed E-state index contributed by atoms with van der Waals surface area (Å²) in [6.45, 7) is 0.436. The van der Waals surface area contributed by atoms with Crippen molar-refractivity contribution in [1.29, 1.82) is 0 Å². The molecule has 0 unspecified atom stereocenters. The molecule has 0 saturated carbocycles. The first kappa shape index (κ1) is 20.2. The van der Waals surface area contributed by atoms with Crippen molar-refractivity contribution >= 4 is 27.3 Å².